The summed E-state index contributed by atoms with van der Waals surface area (Å²) >= 11 is 0. The first-order valence-corrected chi connectivity index (χ1v) is 8.06. The number of urea groups is 1. The van der Waals surface area contributed by atoms with Crippen LogP contribution in [0.2, 0.25) is 0 Å². The van der Waals surface area contributed by atoms with Crippen LogP contribution in [0.25, 0.3) is 0 Å². The Morgan fingerprint density at radius 1 is 1.04 bits per heavy atom. The molecule has 0 fully saturated rings. The van der Waals surface area contributed by atoms with Gasteiger partial charge in [-0.05, 0) is 50.1 Å². The molecule has 1 aromatic carbocycles. The van der Waals surface area contributed by atoms with E-state index < -0.39 is 0 Å². The third kappa shape index (κ3) is 5.46. The second-order valence-corrected chi connectivity index (χ2v) is 5.01. The Kier molecular flexibility index (Phi) is 6.89. The number of aromatic nitrogens is 1. The van der Waals surface area contributed by atoms with Gasteiger partial charge in [-0.1, -0.05) is 6.07 Å². The number of pyridine rings is 1. The number of ether oxygens (including phenoxy) is 2. The predicted octanol–water partition coefficient (Wildman–Crippen LogP) is 3.24. The molecule has 2 aromatic rings. The number of carbonyl (C=O) groups is 1. The number of hydrogen-bond acceptors (Lipinski definition) is 4. The molecule has 0 atom stereocenters. The summed E-state index contributed by atoms with van der Waals surface area (Å²) in [6, 6.07) is 9.08. The zero-order chi connectivity index (χ0) is 17.2. The molecule has 24 heavy (non-hydrogen) atoms. The van der Waals surface area contributed by atoms with E-state index in [4.69, 9.17) is 9.47 Å². The Hall–Kier alpha value is -2.76. The molecule has 2 amide bonds. The van der Waals surface area contributed by atoms with Crippen LogP contribution in [0.5, 0.6) is 11.5 Å². The number of hydrogen-bond donors (Lipinski definition) is 2. The second-order valence-electron chi connectivity index (χ2n) is 5.01. The van der Waals surface area contributed by atoms with Crippen LogP contribution in [-0.4, -0.2) is 30.8 Å². The van der Waals surface area contributed by atoms with Crippen molar-refractivity contribution in [1.82, 2.24) is 10.3 Å². The largest absolute Gasteiger partial charge is 0.490 e. The molecular weight excluding hydrogens is 306 g/mol. The highest BCUT2D eigenvalue weighted by atomic mass is 16.5. The Bertz CT molecular complexity index is 647. The first-order valence-electron chi connectivity index (χ1n) is 8.06. The highest BCUT2D eigenvalue weighted by Gasteiger charge is 2.07. The number of nitrogens with one attached hydrogen (secondary N) is 2. The van der Waals surface area contributed by atoms with Crippen molar-refractivity contribution in [3.63, 3.8) is 0 Å². The average molecular weight is 329 g/mol. The number of amides is 2. The third-order valence-electron chi connectivity index (χ3n) is 3.25. The molecule has 2 N–H and O–H groups in total. The minimum Gasteiger partial charge on any atom is -0.490 e. The fraction of sp³-hybridized carbons (Fsp3) is 0.333. The standard InChI is InChI=1S/C18H23N3O3/c1-3-23-16-6-5-14(13-17(16)24-4-2)7-12-20-18(22)21-15-8-10-19-11-9-15/h5-6,8-11,13H,3-4,7,12H2,1-2H3,(H2,19,20,21,22). The predicted molar refractivity (Wildman–Crippen MR) is 93.7 cm³/mol. The van der Waals surface area contributed by atoms with Crippen molar-refractivity contribution in [2.45, 2.75) is 20.3 Å². The lowest BCUT2D eigenvalue weighted by Crippen LogP contribution is -2.30. The van der Waals surface area contributed by atoms with Crippen LogP contribution in [0.3, 0.4) is 0 Å². The van der Waals surface area contributed by atoms with Crippen molar-refractivity contribution in [3.05, 3.63) is 48.3 Å². The van der Waals surface area contributed by atoms with Crippen LogP contribution in [0.15, 0.2) is 42.7 Å². The minimum absolute atomic E-state index is 0.239. The van der Waals surface area contributed by atoms with E-state index in [1.165, 1.54) is 0 Å². The fourth-order valence-corrected chi connectivity index (χ4v) is 2.18. The zero-order valence-electron chi connectivity index (χ0n) is 14.0. The van der Waals surface area contributed by atoms with E-state index in [2.05, 4.69) is 15.6 Å². The van der Waals surface area contributed by atoms with Crippen molar-refractivity contribution in [2.75, 3.05) is 25.1 Å². The van der Waals surface area contributed by atoms with Crippen LogP contribution < -0.4 is 20.1 Å². The molecule has 0 saturated heterocycles. The molecule has 0 saturated carbocycles. The lowest BCUT2D eigenvalue weighted by Gasteiger charge is -2.13. The Morgan fingerprint density at radius 2 is 1.75 bits per heavy atom. The fourth-order valence-electron chi connectivity index (χ4n) is 2.18. The van der Waals surface area contributed by atoms with Gasteiger partial charge in [-0.2, -0.15) is 0 Å². The van der Waals surface area contributed by atoms with Crippen LogP contribution in [-0.2, 0) is 6.42 Å². The van der Waals surface area contributed by atoms with Crippen molar-refractivity contribution < 1.29 is 14.3 Å². The molecule has 0 aliphatic rings. The maximum absolute atomic E-state index is 11.8. The summed E-state index contributed by atoms with van der Waals surface area (Å²) in [5.41, 5.74) is 1.79. The Labute approximate surface area is 142 Å². The van der Waals surface area contributed by atoms with Crippen molar-refractivity contribution in [3.8, 4) is 11.5 Å². The monoisotopic (exact) mass is 329 g/mol. The molecule has 0 aliphatic heterocycles. The smallest absolute Gasteiger partial charge is 0.319 e. The van der Waals surface area contributed by atoms with E-state index >= 15 is 0 Å². The number of benzene rings is 1. The van der Waals surface area contributed by atoms with E-state index in [0.717, 1.165) is 17.1 Å². The second kappa shape index (κ2) is 9.39. The molecule has 2 rings (SSSR count). The van der Waals surface area contributed by atoms with Gasteiger partial charge < -0.3 is 20.1 Å². The highest BCUT2D eigenvalue weighted by Crippen LogP contribution is 2.28. The molecule has 0 aliphatic carbocycles. The van der Waals surface area contributed by atoms with E-state index in [-0.39, 0.29) is 6.03 Å². The summed E-state index contributed by atoms with van der Waals surface area (Å²) in [5.74, 6) is 1.48. The quantitative estimate of drug-likeness (QED) is 0.780. The molecule has 0 radical (unpaired) electrons. The molecule has 1 aromatic heterocycles. The van der Waals surface area contributed by atoms with Gasteiger partial charge in [-0.3, -0.25) is 4.98 Å². The average Bonchev–Trinajstić information content (AvgIpc) is 2.58. The molecule has 6 heteroatoms. The maximum Gasteiger partial charge on any atom is 0.319 e. The lowest BCUT2D eigenvalue weighted by molar-refractivity contribution is 0.252. The van der Waals surface area contributed by atoms with Gasteiger partial charge in [0.25, 0.3) is 0 Å². The summed E-state index contributed by atoms with van der Waals surface area (Å²) in [5, 5.41) is 5.58. The van der Waals surface area contributed by atoms with Gasteiger partial charge in [0.1, 0.15) is 0 Å². The number of carbonyl (C=O) groups excluding carboxylic acids is 1. The van der Waals surface area contributed by atoms with Gasteiger partial charge in [-0.15, -0.1) is 0 Å². The van der Waals surface area contributed by atoms with Crippen molar-refractivity contribution >= 4 is 11.7 Å². The third-order valence-corrected chi connectivity index (χ3v) is 3.25. The van der Waals surface area contributed by atoms with Crippen molar-refractivity contribution in [1.29, 1.82) is 0 Å². The summed E-state index contributed by atoms with van der Waals surface area (Å²) in [7, 11) is 0. The Morgan fingerprint density at radius 3 is 2.46 bits per heavy atom. The van der Waals surface area contributed by atoms with Gasteiger partial charge in [-0.25, -0.2) is 4.79 Å². The summed E-state index contributed by atoms with van der Waals surface area (Å²) in [4.78, 5) is 15.7. The van der Waals surface area contributed by atoms with E-state index in [1.54, 1.807) is 24.5 Å². The highest BCUT2D eigenvalue weighted by molar-refractivity contribution is 5.89. The lowest BCUT2D eigenvalue weighted by atomic mass is 10.1. The number of rotatable bonds is 8. The van der Waals surface area contributed by atoms with E-state index in [0.29, 0.717) is 31.9 Å². The van der Waals surface area contributed by atoms with Crippen LogP contribution in [0.1, 0.15) is 19.4 Å². The van der Waals surface area contributed by atoms with Gasteiger partial charge in [0.05, 0.1) is 13.2 Å². The first-order chi connectivity index (χ1) is 11.7. The van der Waals surface area contributed by atoms with Gasteiger partial charge in [0, 0.05) is 24.6 Å². The number of anilines is 1. The zero-order valence-corrected chi connectivity index (χ0v) is 14.0. The minimum atomic E-state index is -0.239. The molecule has 0 spiro atoms. The summed E-state index contributed by atoms with van der Waals surface area (Å²) in [6.45, 7) is 5.57. The van der Waals surface area contributed by atoms with Crippen LogP contribution >= 0.6 is 0 Å². The van der Waals surface area contributed by atoms with Gasteiger partial charge in [0.15, 0.2) is 11.5 Å². The van der Waals surface area contributed by atoms with Crippen LogP contribution in [0, 0.1) is 0 Å². The maximum atomic E-state index is 11.8. The summed E-state index contributed by atoms with van der Waals surface area (Å²) < 4.78 is 11.1. The first kappa shape index (κ1) is 17.6. The molecule has 1 heterocycles. The molecular formula is C18H23N3O3. The topological polar surface area (TPSA) is 72.5 Å². The van der Waals surface area contributed by atoms with E-state index in [9.17, 15) is 4.79 Å². The SMILES string of the molecule is CCOc1ccc(CCNC(=O)Nc2ccncc2)cc1OCC. The molecule has 128 valence electrons. The van der Waals surface area contributed by atoms with Gasteiger partial charge in [0.2, 0.25) is 0 Å². The molecule has 6 nitrogen and oxygen atoms in total. The van der Waals surface area contributed by atoms with Crippen molar-refractivity contribution in [2.24, 2.45) is 0 Å². The van der Waals surface area contributed by atoms with E-state index in [1.807, 2.05) is 32.0 Å². The van der Waals surface area contributed by atoms with Crippen LogP contribution in [0.4, 0.5) is 10.5 Å². The normalized spacial score (nSPS) is 10.1. The van der Waals surface area contributed by atoms with Gasteiger partial charge >= 0.3 is 6.03 Å². The molecule has 0 bridgehead atoms. The summed E-state index contributed by atoms with van der Waals surface area (Å²) in [6.07, 6.45) is 3.96. The molecule has 0 unspecified atom stereocenters. The Balaban J connectivity index is 1.85. The number of nitrogens with zero attached hydrogens (tertiary/aromatic N) is 1.